The van der Waals surface area contributed by atoms with Gasteiger partial charge in [0.1, 0.15) is 24.3 Å². The summed E-state index contributed by atoms with van der Waals surface area (Å²) in [5.41, 5.74) is 1.63. The quantitative estimate of drug-likeness (QED) is 0.798. The maximum atomic E-state index is 12.2. The Morgan fingerprint density at radius 2 is 2.14 bits per heavy atom. The fraction of sp³-hybridized carbons (Fsp3) is 0.0667. The standard InChI is InChI=1S/C15H13N5O/c1-11-3-2-4-12(7-11)15(21)19-13-8-14(18-9-17-13)20-6-5-16-10-20/h2-10H,1H3,(H,17,18,19,21). The molecule has 1 amide bonds. The van der Waals surface area contributed by atoms with E-state index in [4.69, 9.17) is 0 Å². The topological polar surface area (TPSA) is 72.7 Å². The number of nitrogens with one attached hydrogen (secondary N) is 1. The molecule has 0 aliphatic carbocycles. The number of carbonyl (C=O) groups excluding carboxylic acids is 1. The van der Waals surface area contributed by atoms with Gasteiger partial charge in [-0.3, -0.25) is 9.36 Å². The molecule has 0 unspecified atom stereocenters. The average Bonchev–Trinajstić information content (AvgIpc) is 3.02. The number of nitrogens with zero attached hydrogens (tertiary/aromatic N) is 4. The van der Waals surface area contributed by atoms with Crippen LogP contribution in [0.4, 0.5) is 5.82 Å². The first-order valence-corrected chi connectivity index (χ1v) is 6.41. The van der Waals surface area contributed by atoms with Gasteiger partial charge in [-0.05, 0) is 19.1 Å². The molecule has 0 bridgehead atoms. The number of anilines is 1. The third kappa shape index (κ3) is 2.94. The molecule has 6 nitrogen and oxygen atoms in total. The minimum atomic E-state index is -0.200. The van der Waals surface area contributed by atoms with Gasteiger partial charge in [-0.1, -0.05) is 17.7 Å². The third-order valence-electron chi connectivity index (χ3n) is 2.94. The van der Waals surface area contributed by atoms with Crippen LogP contribution in [0.3, 0.4) is 0 Å². The molecule has 0 atom stereocenters. The smallest absolute Gasteiger partial charge is 0.256 e. The second-order valence-corrected chi connectivity index (χ2v) is 4.56. The van der Waals surface area contributed by atoms with Crippen molar-refractivity contribution in [1.29, 1.82) is 0 Å². The number of hydrogen-bond acceptors (Lipinski definition) is 4. The van der Waals surface area contributed by atoms with Crippen molar-refractivity contribution in [2.24, 2.45) is 0 Å². The second kappa shape index (κ2) is 5.54. The molecule has 21 heavy (non-hydrogen) atoms. The van der Waals surface area contributed by atoms with Gasteiger partial charge in [0.25, 0.3) is 5.91 Å². The summed E-state index contributed by atoms with van der Waals surface area (Å²) in [5.74, 6) is 0.885. The molecule has 0 spiro atoms. The third-order valence-corrected chi connectivity index (χ3v) is 2.94. The molecule has 0 aliphatic heterocycles. The highest BCUT2D eigenvalue weighted by atomic mass is 16.1. The normalized spacial score (nSPS) is 10.3. The molecule has 0 saturated carbocycles. The van der Waals surface area contributed by atoms with E-state index < -0.39 is 0 Å². The summed E-state index contributed by atoms with van der Waals surface area (Å²) in [6.07, 6.45) is 6.47. The number of hydrogen-bond donors (Lipinski definition) is 1. The Morgan fingerprint density at radius 1 is 1.24 bits per heavy atom. The van der Waals surface area contributed by atoms with E-state index in [2.05, 4.69) is 20.3 Å². The largest absolute Gasteiger partial charge is 0.306 e. The number of aryl methyl sites for hydroxylation is 1. The highest BCUT2D eigenvalue weighted by Crippen LogP contribution is 2.11. The first-order chi connectivity index (χ1) is 10.2. The van der Waals surface area contributed by atoms with E-state index in [9.17, 15) is 4.79 Å². The first kappa shape index (κ1) is 13.0. The zero-order chi connectivity index (χ0) is 14.7. The number of benzene rings is 1. The Morgan fingerprint density at radius 3 is 2.90 bits per heavy atom. The van der Waals surface area contributed by atoms with Crippen molar-refractivity contribution in [3.05, 3.63) is 66.5 Å². The molecule has 104 valence electrons. The number of imidazole rings is 1. The fourth-order valence-corrected chi connectivity index (χ4v) is 1.93. The lowest BCUT2D eigenvalue weighted by Gasteiger charge is -2.06. The van der Waals surface area contributed by atoms with Crippen LogP contribution in [0.2, 0.25) is 0 Å². The predicted molar refractivity (Wildman–Crippen MR) is 78.3 cm³/mol. The predicted octanol–water partition coefficient (Wildman–Crippen LogP) is 2.22. The monoisotopic (exact) mass is 279 g/mol. The van der Waals surface area contributed by atoms with Gasteiger partial charge in [0.15, 0.2) is 0 Å². The van der Waals surface area contributed by atoms with Crippen LogP contribution in [0.15, 0.2) is 55.4 Å². The zero-order valence-electron chi connectivity index (χ0n) is 11.4. The summed E-state index contributed by atoms with van der Waals surface area (Å²) in [7, 11) is 0. The molecular weight excluding hydrogens is 266 g/mol. The van der Waals surface area contributed by atoms with Gasteiger partial charge in [-0.15, -0.1) is 0 Å². The van der Waals surface area contributed by atoms with Crippen molar-refractivity contribution in [2.45, 2.75) is 6.92 Å². The molecular formula is C15H13N5O. The number of carbonyl (C=O) groups is 1. The molecule has 2 heterocycles. The van der Waals surface area contributed by atoms with Crippen molar-refractivity contribution in [1.82, 2.24) is 19.5 Å². The molecule has 3 rings (SSSR count). The average molecular weight is 279 g/mol. The summed E-state index contributed by atoms with van der Waals surface area (Å²) in [5, 5.41) is 2.76. The van der Waals surface area contributed by atoms with E-state index in [0.717, 1.165) is 5.56 Å². The summed E-state index contributed by atoms with van der Waals surface area (Å²) in [6.45, 7) is 1.94. The summed E-state index contributed by atoms with van der Waals surface area (Å²) < 4.78 is 1.74. The molecule has 0 saturated heterocycles. The molecule has 0 radical (unpaired) electrons. The zero-order valence-corrected chi connectivity index (χ0v) is 11.4. The molecule has 2 aromatic heterocycles. The Labute approximate surface area is 121 Å². The lowest BCUT2D eigenvalue weighted by atomic mass is 10.1. The lowest BCUT2D eigenvalue weighted by Crippen LogP contribution is -2.13. The van der Waals surface area contributed by atoms with E-state index >= 15 is 0 Å². The van der Waals surface area contributed by atoms with Gasteiger partial charge in [0.2, 0.25) is 0 Å². The van der Waals surface area contributed by atoms with Gasteiger partial charge in [-0.25, -0.2) is 15.0 Å². The first-order valence-electron chi connectivity index (χ1n) is 6.41. The van der Waals surface area contributed by atoms with Crippen molar-refractivity contribution < 1.29 is 4.79 Å². The van der Waals surface area contributed by atoms with Crippen molar-refractivity contribution in [2.75, 3.05) is 5.32 Å². The minimum absolute atomic E-state index is 0.200. The van der Waals surface area contributed by atoms with Crippen LogP contribution in [0, 0.1) is 6.92 Å². The van der Waals surface area contributed by atoms with Gasteiger partial charge in [0.05, 0.1) is 0 Å². The van der Waals surface area contributed by atoms with E-state index in [1.165, 1.54) is 6.33 Å². The molecule has 3 aromatic rings. The SMILES string of the molecule is Cc1cccc(C(=O)Nc2cc(-n3ccnc3)ncn2)c1. The van der Waals surface area contributed by atoms with Crippen molar-refractivity contribution >= 4 is 11.7 Å². The second-order valence-electron chi connectivity index (χ2n) is 4.56. The van der Waals surface area contributed by atoms with E-state index in [1.807, 2.05) is 25.1 Å². The van der Waals surface area contributed by atoms with Crippen LogP contribution in [-0.2, 0) is 0 Å². The summed E-state index contributed by atoms with van der Waals surface area (Å²) >= 11 is 0. The van der Waals surface area contributed by atoms with Crippen LogP contribution in [0.1, 0.15) is 15.9 Å². The minimum Gasteiger partial charge on any atom is -0.306 e. The molecule has 0 fully saturated rings. The Bertz CT molecular complexity index is 767. The summed E-state index contributed by atoms with van der Waals surface area (Å²) in [6, 6.07) is 9.07. The lowest BCUT2D eigenvalue weighted by molar-refractivity contribution is 0.102. The fourth-order valence-electron chi connectivity index (χ4n) is 1.93. The van der Waals surface area contributed by atoms with Gasteiger partial charge < -0.3 is 5.32 Å². The molecule has 1 aromatic carbocycles. The number of rotatable bonds is 3. The maximum absolute atomic E-state index is 12.2. The van der Waals surface area contributed by atoms with Crippen LogP contribution in [0.25, 0.3) is 5.82 Å². The Balaban J connectivity index is 1.82. The van der Waals surface area contributed by atoms with E-state index in [0.29, 0.717) is 17.2 Å². The summed E-state index contributed by atoms with van der Waals surface area (Å²) in [4.78, 5) is 24.3. The van der Waals surface area contributed by atoms with E-state index in [-0.39, 0.29) is 5.91 Å². The number of aromatic nitrogens is 4. The Hall–Kier alpha value is -3.02. The molecule has 1 N–H and O–H groups in total. The van der Waals surface area contributed by atoms with Gasteiger partial charge in [-0.2, -0.15) is 0 Å². The van der Waals surface area contributed by atoms with E-state index in [1.54, 1.807) is 35.4 Å². The van der Waals surface area contributed by atoms with Gasteiger partial charge in [0, 0.05) is 24.0 Å². The van der Waals surface area contributed by atoms with Crippen LogP contribution >= 0.6 is 0 Å². The number of amides is 1. The highest BCUT2D eigenvalue weighted by molar-refractivity contribution is 6.03. The van der Waals surface area contributed by atoms with Crippen LogP contribution < -0.4 is 5.32 Å². The van der Waals surface area contributed by atoms with Gasteiger partial charge >= 0.3 is 0 Å². The van der Waals surface area contributed by atoms with Crippen LogP contribution in [0.5, 0.6) is 0 Å². The van der Waals surface area contributed by atoms with Crippen LogP contribution in [-0.4, -0.2) is 25.4 Å². The van der Waals surface area contributed by atoms with Crippen molar-refractivity contribution in [3.63, 3.8) is 0 Å². The molecule has 0 aliphatic rings. The molecule has 6 heteroatoms. The van der Waals surface area contributed by atoms with Crippen molar-refractivity contribution in [3.8, 4) is 5.82 Å². The highest BCUT2D eigenvalue weighted by Gasteiger charge is 2.08. The Kier molecular flexibility index (Phi) is 3.42. The maximum Gasteiger partial charge on any atom is 0.256 e.